The minimum atomic E-state index is -0.746. The molecule has 1 rings (SSSR count). The highest BCUT2D eigenvalue weighted by Gasteiger charge is 2.32. The third-order valence-electron chi connectivity index (χ3n) is 4.17. The van der Waals surface area contributed by atoms with Crippen molar-refractivity contribution in [1.82, 2.24) is 9.80 Å². The molecule has 0 radical (unpaired) electrons. The van der Waals surface area contributed by atoms with Gasteiger partial charge in [-0.05, 0) is 33.1 Å². The van der Waals surface area contributed by atoms with E-state index in [-0.39, 0.29) is 17.5 Å². The lowest BCUT2D eigenvalue weighted by atomic mass is 9.96. The second-order valence-electron chi connectivity index (χ2n) is 5.61. The molecule has 0 unspecified atom stereocenters. The van der Waals surface area contributed by atoms with Gasteiger partial charge >= 0.3 is 12.0 Å². The molecule has 1 saturated heterocycles. The molecule has 5 nitrogen and oxygen atoms in total. The number of hydrogen-bond donors (Lipinski definition) is 1. The van der Waals surface area contributed by atoms with E-state index in [4.69, 9.17) is 5.11 Å². The van der Waals surface area contributed by atoms with Gasteiger partial charge in [0.1, 0.15) is 0 Å². The minimum absolute atomic E-state index is 0.00527. The molecule has 0 spiro atoms. The Bertz CT molecular complexity index is 320. The monoisotopic (exact) mass is 256 g/mol. The Kier molecular flexibility index (Phi) is 4.59. The summed E-state index contributed by atoms with van der Waals surface area (Å²) < 4.78 is 0. The molecule has 1 aliphatic rings. The normalized spacial score (nSPS) is 17.7. The van der Waals surface area contributed by atoms with Crippen LogP contribution in [-0.2, 0) is 4.79 Å². The van der Waals surface area contributed by atoms with Crippen LogP contribution in [0.5, 0.6) is 0 Å². The summed E-state index contributed by atoms with van der Waals surface area (Å²) in [6.45, 7) is 7.21. The molecule has 0 aliphatic carbocycles. The highest BCUT2D eigenvalue weighted by Crippen LogP contribution is 2.22. The third kappa shape index (κ3) is 3.15. The number of carboxylic acid groups (broad SMARTS) is 1. The second-order valence-corrected chi connectivity index (χ2v) is 5.61. The average molecular weight is 256 g/mol. The van der Waals surface area contributed by atoms with Crippen molar-refractivity contribution in [2.45, 2.75) is 45.6 Å². The van der Waals surface area contributed by atoms with Crippen molar-refractivity contribution < 1.29 is 14.7 Å². The fourth-order valence-electron chi connectivity index (χ4n) is 2.03. The Labute approximate surface area is 109 Å². The van der Waals surface area contributed by atoms with Crippen LogP contribution < -0.4 is 0 Å². The molecular formula is C13H24N2O3. The summed E-state index contributed by atoms with van der Waals surface area (Å²) in [4.78, 5) is 26.7. The molecular weight excluding hydrogens is 232 g/mol. The summed E-state index contributed by atoms with van der Waals surface area (Å²) in [5, 5.41) is 8.93. The van der Waals surface area contributed by atoms with Gasteiger partial charge in [-0.3, -0.25) is 4.79 Å². The van der Waals surface area contributed by atoms with Gasteiger partial charge in [0, 0.05) is 25.7 Å². The van der Waals surface area contributed by atoms with Crippen LogP contribution in [0.3, 0.4) is 0 Å². The highest BCUT2D eigenvalue weighted by atomic mass is 16.4. The quantitative estimate of drug-likeness (QED) is 0.840. The van der Waals surface area contributed by atoms with Crippen molar-refractivity contribution >= 4 is 12.0 Å². The molecule has 18 heavy (non-hydrogen) atoms. The predicted octanol–water partition coefficient (Wildman–Crippen LogP) is 2.02. The van der Waals surface area contributed by atoms with Gasteiger partial charge in [0.05, 0.1) is 5.92 Å². The molecule has 0 aromatic rings. The Morgan fingerprint density at radius 1 is 1.33 bits per heavy atom. The minimum Gasteiger partial charge on any atom is -0.481 e. The van der Waals surface area contributed by atoms with Crippen molar-refractivity contribution in [3.8, 4) is 0 Å². The summed E-state index contributed by atoms with van der Waals surface area (Å²) in [5.74, 6) is -1.04. The van der Waals surface area contributed by atoms with E-state index in [0.29, 0.717) is 25.9 Å². The lowest BCUT2D eigenvalue weighted by molar-refractivity contribution is -0.143. The van der Waals surface area contributed by atoms with Crippen molar-refractivity contribution in [3.63, 3.8) is 0 Å². The number of rotatable bonds is 3. The zero-order valence-corrected chi connectivity index (χ0v) is 11.8. The number of amides is 2. The summed E-state index contributed by atoms with van der Waals surface area (Å²) in [6, 6.07) is 0.00527. The fraction of sp³-hybridized carbons (Fsp3) is 0.846. The molecule has 1 N–H and O–H groups in total. The molecule has 2 amide bonds. The predicted molar refractivity (Wildman–Crippen MR) is 69.5 cm³/mol. The number of carbonyl (C=O) groups excluding carboxylic acids is 1. The molecule has 1 aliphatic heterocycles. The van der Waals surface area contributed by atoms with Crippen LogP contribution in [0.1, 0.15) is 40.0 Å². The zero-order chi connectivity index (χ0) is 13.9. The first kappa shape index (κ1) is 14.8. The van der Waals surface area contributed by atoms with E-state index >= 15 is 0 Å². The van der Waals surface area contributed by atoms with Crippen LogP contribution in [-0.4, -0.2) is 52.6 Å². The molecule has 0 saturated carbocycles. The van der Waals surface area contributed by atoms with Gasteiger partial charge in [0.2, 0.25) is 0 Å². The highest BCUT2D eigenvalue weighted by molar-refractivity contribution is 5.76. The molecule has 0 atom stereocenters. The van der Waals surface area contributed by atoms with Gasteiger partial charge in [-0.2, -0.15) is 0 Å². The Morgan fingerprint density at radius 2 is 1.83 bits per heavy atom. The SMILES string of the molecule is CCC(C)(C)N(C)C(=O)N1CCC(C(=O)O)CC1. The standard InChI is InChI=1S/C13H24N2O3/c1-5-13(2,3)14(4)12(18)15-8-6-10(7-9-15)11(16)17/h10H,5-9H2,1-4H3,(H,16,17). The first-order valence-electron chi connectivity index (χ1n) is 6.55. The van der Waals surface area contributed by atoms with Crippen LogP contribution in [0, 0.1) is 5.92 Å². The number of carbonyl (C=O) groups is 2. The number of nitrogens with zero attached hydrogens (tertiary/aromatic N) is 2. The maximum absolute atomic E-state index is 12.3. The smallest absolute Gasteiger partial charge is 0.320 e. The Balaban J connectivity index is 2.57. The molecule has 1 fully saturated rings. The summed E-state index contributed by atoms with van der Waals surface area (Å²) >= 11 is 0. The maximum atomic E-state index is 12.3. The van der Waals surface area contributed by atoms with E-state index in [1.807, 2.05) is 20.9 Å². The molecule has 0 bridgehead atoms. The second kappa shape index (κ2) is 5.59. The van der Waals surface area contributed by atoms with Crippen molar-refractivity contribution in [2.24, 2.45) is 5.92 Å². The van der Waals surface area contributed by atoms with Crippen LogP contribution in [0.2, 0.25) is 0 Å². The zero-order valence-electron chi connectivity index (χ0n) is 11.8. The lowest BCUT2D eigenvalue weighted by Crippen LogP contribution is -2.52. The van der Waals surface area contributed by atoms with Gasteiger partial charge in [-0.25, -0.2) is 4.79 Å². The van der Waals surface area contributed by atoms with Gasteiger partial charge in [0.15, 0.2) is 0 Å². The average Bonchev–Trinajstić information content (AvgIpc) is 2.37. The Hall–Kier alpha value is -1.26. The number of likely N-dealkylation sites (tertiary alicyclic amines) is 1. The molecule has 5 heteroatoms. The largest absolute Gasteiger partial charge is 0.481 e. The van der Waals surface area contributed by atoms with Gasteiger partial charge < -0.3 is 14.9 Å². The topological polar surface area (TPSA) is 60.9 Å². The lowest BCUT2D eigenvalue weighted by Gasteiger charge is -2.40. The van der Waals surface area contributed by atoms with E-state index < -0.39 is 5.97 Å². The number of urea groups is 1. The van der Waals surface area contributed by atoms with Crippen LogP contribution in [0.4, 0.5) is 4.79 Å². The summed E-state index contributed by atoms with van der Waals surface area (Å²) in [6.07, 6.45) is 2.00. The van der Waals surface area contributed by atoms with Crippen molar-refractivity contribution in [1.29, 1.82) is 0 Å². The third-order valence-corrected chi connectivity index (χ3v) is 4.17. The van der Waals surface area contributed by atoms with E-state index in [2.05, 4.69) is 6.92 Å². The number of carboxylic acids is 1. The number of aliphatic carboxylic acids is 1. The first-order valence-corrected chi connectivity index (χ1v) is 6.55. The van der Waals surface area contributed by atoms with Crippen LogP contribution in [0.15, 0.2) is 0 Å². The number of hydrogen-bond acceptors (Lipinski definition) is 2. The van der Waals surface area contributed by atoms with E-state index in [1.165, 1.54) is 0 Å². The van der Waals surface area contributed by atoms with E-state index in [0.717, 1.165) is 6.42 Å². The summed E-state index contributed by atoms with van der Waals surface area (Å²) in [5.41, 5.74) is -0.166. The molecule has 0 aromatic carbocycles. The van der Waals surface area contributed by atoms with Gasteiger partial charge in [0.25, 0.3) is 0 Å². The molecule has 104 valence electrons. The molecule has 1 heterocycles. The maximum Gasteiger partial charge on any atom is 0.320 e. The summed E-state index contributed by atoms with van der Waals surface area (Å²) in [7, 11) is 1.81. The van der Waals surface area contributed by atoms with Crippen molar-refractivity contribution in [3.05, 3.63) is 0 Å². The van der Waals surface area contributed by atoms with Gasteiger partial charge in [-0.15, -0.1) is 0 Å². The first-order chi connectivity index (χ1) is 8.29. The number of piperidine rings is 1. The Morgan fingerprint density at radius 3 is 2.22 bits per heavy atom. The van der Waals surface area contributed by atoms with Crippen LogP contribution in [0.25, 0.3) is 0 Å². The van der Waals surface area contributed by atoms with Crippen LogP contribution >= 0.6 is 0 Å². The fourth-order valence-corrected chi connectivity index (χ4v) is 2.03. The van der Waals surface area contributed by atoms with Crippen molar-refractivity contribution in [2.75, 3.05) is 20.1 Å². The molecule has 0 aromatic heterocycles. The van der Waals surface area contributed by atoms with E-state index in [1.54, 1.807) is 9.80 Å². The van der Waals surface area contributed by atoms with E-state index in [9.17, 15) is 9.59 Å². The van der Waals surface area contributed by atoms with Gasteiger partial charge in [-0.1, -0.05) is 6.92 Å².